The highest BCUT2D eigenvalue weighted by molar-refractivity contribution is 6.43. The third-order valence-electron chi connectivity index (χ3n) is 3.84. The number of amides is 2. The molecule has 2 amide bonds. The summed E-state index contributed by atoms with van der Waals surface area (Å²) in [6.07, 6.45) is 0.599. The van der Waals surface area contributed by atoms with E-state index in [1.807, 2.05) is 25.1 Å². The van der Waals surface area contributed by atoms with E-state index in [2.05, 4.69) is 20.9 Å². The summed E-state index contributed by atoms with van der Waals surface area (Å²) in [6.45, 7) is 5.30. The summed E-state index contributed by atoms with van der Waals surface area (Å²) >= 11 is 0. The van der Waals surface area contributed by atoms with E-state index in [4.69, 9.17) is 4.52 Å². The Balaban J connectivity index is 1.84. The number of para-hydroxylation sites is 1. The van der Waals surface area contributed by atoms with Crippen LogP contribution < -0.4 is 15.8 Å². The summed E-state index contributed by atoms with van der Waals surface area (Å²) in [6, 6.07) is 8.36. The van der Waals surface area contributed by atoms with E-state index >= 15 is 0 Å². The number of aliphatic imine (C=N–C) groups is 1. The summed E-state index contributed by atoms with van der Waals surface area (Å²) in [5.74, 6) is -0.0515. The summed E-state index contributed by atoms with van der Waals surface area (Å²) in [5.41, 5.74) is 4.55. The van der Waals surface area contributed by atoms with Gasteiger partial charge in [0, 0.05) is 6.42 Å². The molecular weight excluding hydrogens is 322 g/mol. The molecule has 0 fully saturated rings. The van der Waals surface area contributed by atoms with Crippen molar-refractivity contribution < 1.29 is 14.1 Å². The third kappa shape index (κ3) is 3.23. The first kappa shape index (κ1) is 16.7. The van der Waals surface area contributed by atoms with Gasteiger partial charge in [0.05, 0.1) is 5.69 Å². The molecule has 0 radical (unpaired) electrons. The van der Waals surface area contributed by atoms with E-state index in [9.17, 15) is 9.59 Å². The largest absolute Gasteiger partial charge is 0.359 e. The van der Waals surface area contributed by atoms with Crippen LogP contribution in [0.25, 0.3) is 0 Å². The lowest BCUT2D eigenvalue weighted by Crippen LogP contribution is -2.57. The molecular formula is C17H19N5O3. The molecule has 1 aromatic carbocycles. The van der Waals surface area contributed by atoms with Crippen LogP contribution >= 0.6 is 0 Å². The number of benzene rings is 1. The third-order valence-corrected chi connectivity index (χ3v) is 3.84. The number of nitrogens with one attached hydrogen (secondary N) is 2. The smallest absolute Gasteiger partial charge is 0.292 e. The van der Waals surface area contributed by atoms with E-state index in [1.54, 1.807) is 26.0 Å². The van der Waals surface area contributed by atoms with Crippen LogP contribution in [0.5, 0.6) is 0 Å². The quantitative estimate of drug-likeness (QED) is 0.883. The molecule has 0 unspecified atom stereocenters. The Kier molecular flexibility index (Phi) is 4.51. The molecule has 8 heteroatoms. The number of hydrogen-bond donors (Lipinski definition) is 2. The molecule has 0 spiro atoms. The van der Waals surface area contributed by atoms with Crippen molar-refractivity contribution in [3.05, 3.63) is 41.8 Å². The minimum absolute atomic E-state index is 0.0543. The molecule has 0 bridgehead atoms. The Labute approximate surface area is 144 Å². The van der Waals surface area contributed by atoms with E-state index in [0.717, 1.165) is 0 Å². The van der Waals surface area contributed by atoms with Crippen LogP contribution in [0.3, 0.4) is 0 Å². The van der Waals surface area contributed by atoms with Gasteiger partial charge in [0.1, 0.15) is 17.4 Å². The molecule has 2 heterocycles. The lowest BCUT2D eigenvalue weighted by Gasteiger charge is -2.30. The van der Waals surface area contributed by atoms with Crippen LogP contribution in [0.15, 0.2) is 39.8 Å². The molecule has 8 nitrogen and oxygen atoms in total. The zero-order valence-corrected chi connectivity index (χ0v) is 14.2. The average molecular weight is 341 g/mol. The fourth-order valence-corrected chi connectivity index (χ4v) is 2.49. The van der Waals surface area contributed by atoms with Crippen molar-refractivity contribution in [2.75, 3.05) is 10.3 Å². The maximum absolute atomic E-state index is 12.6. The summed E-state index contributed by atoms with van der Waals surface area (Å²) in [4.78, 5) is 29.1. The number of rotatable bonds is 4. The SMILES string of the molecule is CCc1onc(C)c1NC(=O)C1=N[C@@H](C)C(=O)N(c2ccccc2)N1. The predicted molar refractivity (Wildman–Crippen MR) is 93.2 cm³/mol. The summed E-state index contributed by atoms with van der Waals surface area (Å²) < 4.78 is 5.17. The van der Waals surface area contributed by atoms with E-state index in [1.165, 1.54) is 5.01 Å². The van der Waals surface area contributed by atoms with Crippen LogP contribution in [0.1, 0.15) is 25.3 Å². The van der Waals surface area contributed by atoms with Gasteiger partial charge in [0.15, 0.2) is 5.76 Å². The highest BCUT2D eigenvalue weighted by Crippen LogP contribution is 2.21. The van der Waals surface area contributed by atoms with Gasteiger partial charge in [0.2, 0.25) is 5.84 Å². The highest BCUT2D eigenvalue weighted by Gasteiger charge is 2.31. The zero-order valence-electron chi connectivity index (χ0n) is 14.2. The van der Waals surface area contributed by atoms with Crippen LogP contribution in [0, 0.1) is 6.92 Å². The number of aryl methyl sites for hydroxylation is 2. The number of amidine groups is 1. The number of carbonyl (C=O) groups is 2. The van der Waals surface area contributed by atoms with E-state index in [-0.39, 0.29) is 11.7 Å². The van der Waals surface area contributed by atoms with Crippen LogP contribution in [0.2, 0.25) is 0 Å². The van der Waals surface area contributed by atoms with Gasteiger partial charge in [-0.3, -0.25) is 15.0 Å². The van der Waals surface area contributed by atoms with Crippen LogP contribution in [-0.2, 0) is 16.0 Å². The number of nitrogens with zero attached hydrogens (tertiary/aromatic N) is 3. The Morgan fingerprint density at radius 2 is 2.08 bits per heavy atom. The van der Waals surface area contributed by atoms with Crippen molar-refractivity contribution >= 4 is 29.0 Å². The molecule has 25 heavy (non-hydrogen) atoms. The van der Waals surface area contributed by atoms with E-state index < -0.39 is 11.9 Å². The number of aromatic nitrogens is 1. The average Bonchev–Trinajstić information content (AvgIpc) is 2.97. The van der Waals surface area contributed by atoms with Gasteiger partial charge in [-0.25, -0.2) is 10.0 Å². The molecule has 130 valence electrons. The molecule has 1 aliphatic rings. The zero-order chi connectivity index (χ0) is 18.0. The predicted octanol–water partition coefficient (Wildman–Crippen LogP) is 1.82. The molecule has 0 saturated carbocycles. The van der Waals surface area contributed by atoms with Crippen molar-refractivity contribution in [1.29, 1.82) is 0 Å². The number of anilines is 2. The van der Waals surface area contributed by atoms with Gasteiger partial charge in [0.25, 0.3) is 11.8 Å². The second-order valence-electron chi connectivity index (χ2n) is 5.65. The Bertz CT molecular complexity index is 828. The van der Waals surface area contributed by atoms with Gasteiger partial charge < -0.3 is 9.84 Å². The first-order valence-electron chi connectivity index (χ1n) is 8.01. The number of hydrogen-bond acceptors (Lipinski definition) is 6. The first-order valence-corrected chi connectivity index (χ1v) is 8.01. The standard InChI is InChI=1S/C17H19N5O3/c1-4-13-14(10(2)21-25-13)19-16(23)15-18-11(3)17(24)22(20-15)12-8-6-5-7-9-12/h5-9,11H,4H2,1-3H3,(H,18,20)(H,19,23)/t11-/m0/s1. The summed E-state index contributed by atoms with van der Waals surface area (Å²) in [5, 5.41) is 7.95. The van der Waals surface area contributed by atoms with Crippen LogP contribution in [0.4, 0.5) is 11.4 Å². The normalized spacial score (nSPS) is 17.1. The number of carbonyl (C=O) groups excluding carboxylic acids is 2. The van der Waals surface area contributed by atoms with Crippen molar-refractivity contribution in [2.24, 2.45) is 4.99 Å². The lowest BCUT2D eigenvalue weighted by atomic mass is 10.2. The second kappa shape index (κ2) is 6.76. The number of hydrazine groups is 1. The van der Waals surface area contributed by atoms with Crippen molar-refractivity contribution in [1.82, 2.24) is 10.6 Å². The van der Waals surface area contributed by atoms with Gasteiger partial charge >= 0.3 is 0 Å². The fourth-order valence-electron chi connectivity index (χ4n) is 2.49. The lowest BCUT2D eigenvalue weighted by molar-refractivity contribution is -0.120. The van der Waals surface area contributed by atoms with Gasteiger partial charge in [-0.05, 0) is 26.0 Å². The van der Waals surface area contributed by atoms with E-state index in [0.29, 0.717) is 29.2 Å². The topological polar surface area (TPSA) is 99.8 Å². The van der Waals surface area contributed by atoms with Crippen molar-refractivity contribution in [3.63, 3.8) is 0 Å². The Morgan fingerprint density at radius 1 is 1.36 bits per heavy atom. The Hall–Kier alpha value is -3.16. The molecule has 0 saturated heterocycles. The minimum Gasteiger partial charge on any atom is -0.359 e. The second-order valence-corrected chi connectivity index (χ2v) is 5.65. The minimum atomic E-state index is -0.670. The van der Waals surface area contributed by atoms with Gasteiger partial charge in [-0.2, -0.15) is 0 Å². The highest BCUT2D eigenvalue weighted by atomic mass is 16.5. The molecule has 1 aliphatic heterocycles. The molecule has 0 aliphatic carbocycles. The molecule has 2 aromatic rings. The maximum Gasteiger partial charge on any atom is 0.292 e. The molecule has 1 aromatic heterocycles. The van der Waals surface area contributed by atoms with Crippen molar-refractivity contribution in [3.8, 4) is 0 Å². The molecule has 2 N–H and O–H groups in total. The van der Waals surface area contributed by atoms with Gasteiger partial charge in [-0.1, -0.05) is 30.3 Å². The van der Waals surface area contributed by atoms with Gasteiger partial charge in [-0.15, -0.1) is 0 Å². The maximum atomic E-state index is 12.6. The van der Waals surface area contributed by atoms with Crippen molar-refractivity contribution in [2.45, 2.75) is 33.2 Å². The summed E-state index contributed by atoms with van der Waals surface area (Å²) in [7, 11) is 0. The Morgan fingerprint density at radius 3 is 2.76 bits per heavy atom. The monoisotopic (exact) mass is 341 g/mol. The molecule has 3 rings (SSSR count). The fraction of sp³-hybridized carbons (Fsp3) is 0.294. The first-order chi connectivity index (χ1) is 12.0. The molecule has 1 atom stereocenters. The van der Waals surface area contributed by atoms with Crippen LogP contribution in [-0.4, -0.2) is 28.8 Å².